The fourth-order valence-corrected chi connectivity index (χ4v) is 8.03. The predicted molar refractivity (Wildman–Crippen MR) is 224 cm³/mol. The molecule has 3 fully saturated rings. The van der Waals surface area contributed by atoms with Crippen molar-refractivity contribution in [3.63, 3.8) is 0 Å². The topological polar surface area (TPSA) is 183 Å². The number of amides is 3. The summed E-state index contributed by atoms with van der Waals surface area (Å²) >= 11 is 0. The van der Waals surface area contributed by atoms with Crippen LogP contribution in [0.5, 0.6) is 0 Å². The third-order valence-electron chi connectivity index (χ3n) is 11.6. The lowest BCUT2D eigenvalue weighted by atomic mass is 9.75. The summed E-state index contributed by atoms with van der Waals surface area (Å²) in [5.41, 5.74) is 6.68. The van der Waals surface area contributed by atoms with E-state index in [-0.39, 0.29) is 35.2 Å². The number of benzene rings is 2. The summed E-state index contributed by atoms with van der Waals surface area (Å²) in [6.07, 6.45) is 6.64. The number of carbonyl (C=O) groups is 3. The highest BCUT2D eigenvalue weighted by molar-refractivity contribution is 6.01. The molecule has 2 aliphatic heterocycles. The molecule has 2 atom stereocenters. The second-order valence-electron chi connectivity index (χ2n) is 16.9. The zero-order valence-corrected chi connectivity index (χ0v) is 34.2. The smallest absolute Gasteiger partial charge is 0.315 e. The van der Waals surface area contributed by atoms with Crippen LogP contribution < -0.4 is 26.2 Å². The van der Waals surface area contributed by atoms with Crippen molar-refractivity contribution in [1.82, 2.24) is 40.6 Å². The Morgan fingerprint density at radius 3 is 2.39 bits per heavy atom. The van der Waals surface area contributed by atoms with Crippen LogP contribution in [0.15, 0.2) is 77.7 Å². The zero-order valence-electron chi connectivity index (χ0n) is 34.2. The quantitative estimate of drug-likeness (QED) is 0.114. The van der Waals surface area contributed by atoms with Crippen LogP contribution in [-0.4, -0.2) is 86.0 Å². The molecule has 15 heteroatoms. The first-order valence-electron chi connectivity index (χ1n) is 20.4. The summed E-state index contributed by atoms with van der Waals surface area (Å²) in [5.74, 6) is 1.44. The Hall–Kier alpha value is -6.22. The molecule has 5 aromatic rings. The van der Waals surface area contributed by atoms with E-state index >= 15 is 0 Å². The number of rotatable bonds is 11. The van der Waals surface area contributed by atoms with Crippen molar-refractivity contribution in [2.24, 2.45) is 0 Å². The van der Waals surface area contributed by atoms with Gasteiger partial charge in [-0.05, 0) is 86.1 Å². The van der Waals surface area contributed by atoms with Gasteiger partial charge in [-0.2, -0.15) is 4.98 Å². The van der Waals surface area contributed by atoms with E-state index in [1.165, 1.54) is 11.9 Å². The van der Waals surface area contributed by atoms with Gasteiger partial charge in [0.15, 0.2) is 5.82 Å². The number of imide groups is 1. The molecule has 0 unspecified atom stereocenters. The van der Waals surface area contributed by atoms with Crippen molar-refractivity contribution < 1.29 is 18.9 Å². The van der Waals surface area contributed by atoms with Crippen LogP contribution >= 0.6 is 0 Å². The largest absolute Gasteiger partial charge is 0.374 e. The van der Waals surface area contributed by atoms with Crippen molar-refractivity contribution in [1.29, 1.82) is 0 Å². The summed E-state index contributed by atoms with van der Waals surface area (Å²) < 4.78 is 5.22. The number of hydrogen-bond acceptors (Lipinski definition) is 13. The first-order chi connectivity index (χ1) is 28.4. The number of aryl methyl sites for hydroxylation is 1. The van der Waals surface area contributed by atoms with Crippen LogP contribution in [0, 0.1) is 6.92 Å². The van der Waals surface area contributed by atoms with Crippen LogP contribution in [-0.2, 0) is 15.0 Å². The SMILES string of the molecule is Cc1cc(-c2cc(Nc3ccc(N4CCN([C@H]5C[C@@H](c6ccc(N[C@H]7CCC(=O)NC7=O)cc6)C5)CC4)cn3)ncn2)ccc1[C@@H](C)NC(=O)c1nc(C(C)(C)C)no1. The lowest BCUT2D eigenvalue weighted by Gasteiger charge is -2.47. The molecule has 0 bridgehead atoms. The number of piperazine rings is 1. The van der Waals surface area contributed by atoms with Crippen molar-refractivity contribution in [2.75, 3.05) is 41.7 Å². The van der Waals surface area contributed by atoms with Gasteiger partial charge in [0.05, 0.1) is 23.6 Å². The Bertz CT molecular complexity index is 2310. The van der Waals surface area contributed by atoms with E-state index in [9.17, 15) is 14.4 Å². The predicted octanol–water partition coefficient (Wildman–Crippen LogP) is 6.05. The second kappa shape index (κ2) is 16.6. The Kier molecular flexibility index (Phi) is 11.1. The van der Waals surface area contributed by atoms with Crippen LogP contribution in [0.3, 0.4) is 0 Å². The summed E-state index contributed by atoms with van der Waals surface area (Å²) in [7, 11) is 0. The number of aromatic nitrogens is 5. The first-order valence-corrected chi connectivity index (χ1v) is 20.4. The van der Waals surface area contributed by atoms with Gasteiger partial charge in [-0.1, -0.05) is 50.2 Å². The minimum Gasteiger partial charge on any atom is -0.374 e. The van der Waals surface area contributed by atoms with Gasteiger partial charge in [0.1, 0.15) is 24.0 Å². The van der Waals surface area contributed by atoms with Crippen LogP contribution in [0.25, 0.3) is 11.3 Å². The van der Waals surface area contributed by atoms with Gasteiger partial charge in [0.25, 0.3) is 0 Å². The van der Waals surface area contributed by atoms with Gasteiger partial charge in [0, 0.05) is 61.4 Å². The summed E-state index contributed by atoms with van der Waals surface area (Å²) in [4.78, 5) is 59.4. The number of carbonyl (C=O) groups excluding carboxylic acids is 3. The third kappa shape index (κ3) is 9.09. The Morgan fingerprint density at radius 2 is 1.71 bits per heavy atom. The molecule has 15 nitrogen and oxygen atoms in total. The number of anilines is 4. The maximum atomic E-state index is 12.8. The van der Waals surface area contributed by atoms with Crippen LogP contribution in [0.2, 0.25) is 0 Å². The van der Waals surface area contributed by atoms with Gasteiger partial charge >= 0.3 is 11.8 Å². The standard InChI is InChI=1S/C44H51N11O4/c1-26-20-29(8-12-34(26)27(2)48-41(58)42-52-43(53-59-42)44(3,4)5)36-23-38(47-25-46-36)50-37-14-11-32(24-45-37)54-16-18-55(19-17-54)33-21-30(22-33)28-6-9-31(10-7-28)49-35-13-15-39(56)51-40(35)57/h6-12,14,20,23-25,27,30,33,35,49H,13,15-19,21-22H2,1-5H3,(H,48,58)(H,51,56,57)(H,45,46,47,50)/t27-,30-,33+,35+/m1/s1. The molecule has 4 N–H and O–H groups in total. The first kappa shape index (κ1) is 39.6. The molecule has 8 rings (SSSR count). The van der Waals surface area contributed by atoms with Gasteiger partial charge in [-0.25, -0.2) is 15.0 Å². The number of nitrogens with one attached hydrogen (secondary N) is 4. The highest BCUT2D eigenvalue weighted by Crippen LogP contribution is 2.40. The fourth-order valence-electron chi connectivity index (χ4n) is 8.03. The molecule has 3 aliphatic rings. The molecule has 0 radical (unpaired) electrons. The minimum atomic E-state index is -0.414. The van der Waals surface area contributed by atoms with Gasteiger partial charge in [-0.15, -0.1) is 0 Å². The molecule has 2 aromatic carbocycles. The summed E-state index contributed by atoms with van der Waals surface area (Å²) in [6, 6.07) is 20.4. The van der Waals surface area contributed by atoms with E-state index in [4.69, 9.17) is 9.51 Å². The molecule has 1 aliphatic carbocycles. The number of nitrogens with zero attached hydrogens (tertiary/aromatic N) is 7. The molecule has 1 saturated carbocycles. The molecule has 3 amide bonds. The van der Waals surface area contributed by atoms with Gasteiger partial charge < -0.3 is 25.4 Å². The van der Waals surface area contributed by atoms with E-state index in [1.807, 2.05) is 77.2 Å². The highest BCUT2D eigenvalue weighted by Gasteiger charge is 2.36. The maximum absolute atomic E-state index is 12.8. The molecule has 306 valence electrons. The normalized spacial score (nSPS) is 20.4. The summed E-state index contributed by atoms with van der Waals surface area (Å²) in [5, 5.41) is 15.9. The van der Waals surface area contributed by atoms with Crippen LogP contribution in [0.1, 0.15) is 98.5 Å². The number of pyridine rings is 1. The lowest BCUT2D eigenvalue weighted by Crippen LogP contribution is -2.53. The van der Waals surface area contributed by atoms with Crippen molar-refractivity contribution in [2.45, 2.75) is 89.8 Å². The van der Waals surface area contributed by atoms with E-state index in [0.29, 0.717) is 42.3 Å². The fraction of sp³-hybridized carbons (Fsp3) is 0.409. The van der Waals surface area contributed by atoms with Crippen molar-refractivity contribution in [3.8, 4) is 11.3 Å². The number of hydrogen-bond donors (Lipinski definition) is 4. The van der Waals surface area contributed by atoms with Crippen LogP contribution in [0.4, 0.5) is 23.0 Å². The second-order valence-corrected chi connectivity index (χ2v) is 16.9. The van der Waals surface area contributed by atoms with E-state index in [2.05, 4.69) is 75.4 Å². The molecule has 2 saturated heterocycles. The van der Waals surface area contributed by atoms with Gasteiger partial charge in [-0.3, -0.25) is 24.6 Å². The highest BCUT2D eigenvalue weighted by atomic mass is 16.5. The minimum absolute atomic E-state index is 0.0520. The maximum Gasteiger partial charge on any atom is 0.315 e. The molecule has 3 aromatic heterocycles. The molecule has 5 heterocycles. The van der Waals surface area contributed by atoms with E-state index in [0.717, 1.165) is 72.8 Å². The van der Waals surface area contributed by atoms with Crippen molar-refractivity contribution in [3.05, 3.63) is 102 Å². The monoisotopic (exact) mass is 797 g/mol. The van der Waals surface area contributed by atoms with E-state index < -0.39 is 5.91 Å². The zero-order chi connectivity index (χ0) is 41.3. The Balaban J connectivity index is 0.795. The molecule has 0 spiro atoms. The van der Waals surface area contributed by atoms with E-state index in [1.54, 1.807) is 0 Å². The van der Waals surface area contributed by atoms with Gasteiger partial charge in [0.2, 0.25) is 11.8 Å². The summed E-state index contributed by atoms with van der Waals surface area (Å²) in [6.45, 7) is 13.8. The Morgan fingerprint density at radius 1 is 0.932 bits per heavy atom. The molecule has 59 heavy (non-hydrogen) atoms. The average Bonchev–Trinajstić information content (AvgIpc) is 3.72. The third-order valence-corrected chi connectivity index (χ3v) is 11.6. The lowest BCUT2D eigenvalue weighted by molar-refractivity contribution is -0.133. The number of piperidine rings is 1. The van der Waals surface area contributed by atoms with Crippen molar-refractivity contribution >= 4 is 40.7 Å². The molecular weight excluding hydrogens is 747 g/mol. The Labute approximate surface area is 343 Å². The molecular formula is C44H51N11O4. The average molecular weight is 798 g/mol.